The van der Waals surface area contributed by atoms with Crippen molar-refractivity contribution in [3.8, 4) is 0 Å². The standard InChI is InChI=1S/C31H33N3O.C29H30N4O2.C27H27N5O2/c1-23-12-14-28-21-26(13-15-29(28)33-23)22-32-30(27-10-6-3-7-11-27)31(35)34-18-16-25(17-19-34)20-24-8-4-2-5-9-24;1-21-7-11-25(12-8-21)32-15-17-33(18-16-32)29(35)28(23-5-3-2-4-6-23)30-20-22-9-13-26-24(19-22)10-14-27(34)31-26;33-25-12-10-22-18-20(9-11-23(22)30-25)19-29-26(21-6-2-1-3-7-21)27(34)32-16-14-31(15-17-32)24-8-4-5-13-28-24/h2-15,21,25,30,32-33H,1,16-20,22H2;2-14,19,28,30H,15-18,20H2,1H3,(H,31,34);1-13,18,26,29H,14-17,19H2,(H,30,33)/t30-;28-;26-/m111/s1. The van der Waals surface area contributed by atoms with E-state index >= 15 is 0 Å². The number of nitrogens with zero attached hydrogens (tertiary/aromatic N) is 6. The first-order valence-electron chi connectivity index (χ1n) is 36.1. The van der Waals surface area contributed by atoms with Crippen LogP contribution in [0.5, 0.6) is 0 Å². The minimum Gasteiger partial charge on any atom is -0.368 e. The van der Waals surface area contributed by atoms with Crippen molar-refractivity contribution in [1.29, 1.82) is 0 Å². The maximum Gasteiger partial charge on any atom is 0.248 e. The molecule has 528 valence electrons. The molecule has 4 aliphatic heterocycles. The molecule has 17 heteroatoms. The average molecular weight is 1380 g/mol. The number of aromatic nitrogens is 3. The molecule has 0 saturated carbocycles. The Balaban J connectivity index is 0.000000139. The number of allylic oxidation sites excluding steroid dienone is 1. The predicted molar refractivity (Wildman–Crippen MR) is 418 cm³/mol. The Kier molecular flexibility index (Phi) is 23.5. The molecule has 3 saturated heterocycles. The molecule has 3 aromatic heterocycles. The molecule has 3 atom stereocenters. The van der Waals surface area contributed by atoms with Crippen LogP contribution in [0.1, 0.15) is 81.0 Å². The highest BCUT2D eigenvalue weighted by Gasteiger charge is 2.32. The lowest BCUT2D eigenvalue weighted by Crippen LogP contribution is -2.51. The van der Waals surface area contributed by atoms with Crippen LogP contribution in [-0.2, 0) is 40.4 Å². The van der Waals surface area contributed by atoms with Gasteiger partial charge in [-0.1, -0.05) is 176 Å². The molecule has 8 aromatic carbocycles. The van der Waals surface area contributed by atoms with Gasteiger partial charge in [0.1, 0.15) is 23.9 Å². The smallest absolute Gasteiger partial charge is 0.248 e. The van der Waals surface area contributed by atoms with Crippen molar-refractivity contribution >= 4 is 62.8 Å². The lowest BCUT2D eigenvalue weighted by atomic mass is 9.89. The Bertz CT molecular complexity index is 4840. The number of aromatic amines is 2. The zero-order valence-corrected chi connectivity index (χ0v) is 58.9. The molecular weight excluding hydrogens is 1290 g/mol. The predicted octanol–water partition coefficient (Wildman–Crippen LogP) is 13.1. The third kappa shape index (κ3) is 18.6. The maximum atomic E-state index is 13.7. The molecule has 0 unspecified atom stereocenters. The molecular formula is C87H90N12O5. The van der Waals surface area contributed by atoms with E-state index in [4.69, 9.17) is 0 Å². The number of amides is 3. The van der Waals surface area contributed by atoms with Crippen LogP contribution in [0.2, 0.25) is 0 Å². The van der Waals surface area contributed by atoms with E-state index in [-0.39, 0.29) is 34.9 Å². The zero-order chi connectivity index (χ0) is 71.6. The van der Waals surface area contributed by atoms with Crippen molar-refractivity contribution in [2.45, 2.75) is 63.9 Å². The van der Waals surface area contributed by atoms with E-state index in [0.29, 0.717) is 51.7 Å². The molecule has 0 bridgehead atoms. The van der Waals surface area contributed by atoms with Gasteiger partial charge in [-0.15, -0.1) is 0 Å². The van der Waals surface area contributed by atoms with Gasteiger partial charge in [0.15, 0.2) is 0 Å². The molecule has 104 heavy (non-hydrogen) atoms. The third-order valence-corrected chi connectivity index (χ3v) is 20.0. The molecule has 0 radical (unpaired) electrons. The van der Waals surface area contributed by atoms with Gasteiger partial charge >= 0.3 is 0 Å². The topological polar surface area (TPSA) is 194 Å². The highest BCUT2D eigenvalue weighted by Crippen LogP contribution is 2.30. The van der Waals surface area contributed by atoms with E-state index in [1.54, 1.807) is 6.20 Å². The zero-order valence-electron chi connectivity index (χ0n) is 58.9. The third-order valence-electron chi connectivity index (χ3n) is 20.0. The summed E-state index contributed by atoms with van der Waals surface area (Å²) in [6.07, 6.45) is 9.06. The number of H-pyrrole nitrogens is 2. The second kappa shape index (κ2) is 34.4. The van der Waals surface area contributed by atoms with E-state index in [1.807, 2.05) is 174 Å². The number of fused-ring (bicyclic) bond motifs is 3. The van der Waals surface area contributed by atoms with Crippen molar-refractivity contribution in [3.05, 3.63) is 338 Å². The van der Waals surface area contributed by atoms with E-state index in [0.717, 1.165) is 136 Å². The van der Waals surface area contributed by atoms with Crippen molar-refractivity contribution in [1.82, 2.24) is 45.6 Å². The molecule has 0 aliphatic carbocycles. The number of anilines is 3. The number of hydrogen-bond acceptors (Lipinski definition) is 12. The molecule has 6 N–H and O–H groups in total. The summed E-state index contributed by atoms with van der Waals surface area (Å²) in [5, 5.41) is 15.8. The van der Waals surface area contributed by atoms with Crippen molar-refractivity contribution in [3.63, 3.8) is 0 Å². The summed E-state index contributed by atoms with van der Waals surface area (Å²) >= 11 is 0. The minimum atomic E-state index is -0.436. The Morgan fingerprint density at radius 1 is 0.452 bits per heavy atom. The lowest BCUT2D eigenvalue weighted by Gasteiger charge is -2.38. The first kappa shape index (κ1) is 70.9. The number of aryl methyl sites for hydroxylation is 1. The van der Waals surface area contributed by atoms with E-state index in [1.165, 1.54) is 28.9 Å². The number of hydrogen-bond donors (Lipinski definition) is 6. The van der Waals surface area contributed by atoms with Gasteiger partial charge in [0.25, 0.3) is 0 Å². The minimum absolute atomic E-state index is 0.0805. The number of nitrogens with one attached hydrogen (secondary N) is 6. The normalized spacial score (nSPS) is 15.4. The van der Waals surface area contributed by atoms with Crippen molar-refractivity contribution in [2.75, 3.05) is 80.6 Å². The second-order valence-corrected chi connectivity index (χ2v) is 27.2. The molecule has 0 spiro atoms. The highest BCUT2D eigenvalue weighted by molar-refractivity contribution is 5.86. The van der Waals surface area contributed by atoms with Crippen LogP contribution in [-0.4, -0.2) is 113 Å². The summed E-state index contributed by atoms with van der Waals surface area (Å²) in [6, 6.07) is 78.7. The largest absolute Gasteiger partial charge is 0.368 e. The molecule has 11 aromatic rings. The number of piperidine rings is 1. The van der Waals surface area contributed by atoms with Gasteiger partial charge in [0.2, 0.25) is 28.8 Å². The molecule has 4 aliphatic rings. The van der Waals surface area contributed by atoms with Crippen LogP contribution < -0.4 is 42.2 Å². The number of benzene rings is 8. The monoisotopic (exact) mass is 1380 g/mol. The Hall–Kier alpha value is -11.5. The van der Waals surface area contributed by atoms with Crippen LogP contribution in [0.15, 0.2) is 277 Å². The molecule has 15 rings (SSSR count). The first-order valence-corrected chi connectivity index (χ1v) is 36.1. The summed E-state index contributed by atoms with van der Waals surface area (Å²) < 4.78 is 0. The summed E-state index contributed by atoms with van der Waals surface area (Å²) in [7, 11) is 0. The van der Waals surface area contributed by atoms with Gasteiger partial charge in [0, 0.05) is 132 Å². The van der Waals surface area contributed by atoms with Crippen molar-refractivity contribution < 1.29 is 14.4 Å². The van der Waals surface area contributed by atoms with Gasteiger partial charge in [0.05, 0.1) is 0 Å². The SMILES string of the molecule is C=C1C=Cc2cc(CN[C@@H](C(=O)N3CCC(Cc4ccccc4)CC3)c3ccccc3)ccc2N1.Cc1ccc(N2CCN(C(=O)[C@H](NCc3ccc4[nH]c(=O)ccc4c3)c3ccccc3)CC2)cc1.O=C([C@H](NCc1ccc2[nH]c(=O)ccc2c1)c1ccccc1)N1CCN(c2ccccn2)CC1. The molecule has 17 nitrogen and oxygen atoms in total. The van der Waals surface area contributed by atoms with Gasteiger partial charge in [-0.2, -0.15) is 0 Å². The number of piperazine rings is 2. The summed E-state index contributed by atoms with van der Waals surface area (Å²) in [6.45, 7) is 15.3. The second-order valence-electron chi connectivity index (χ2n) is 27.2. The fraction of sp³-hybridized carbons (Fsp3) is 0.241. The van der Waals surface area contributed by atoms with Gasteiger partial charge in [-0.25, -0.2) is 4.98 Å². The van der Waals surface area contributed by atoms with Crippen LogP contribution in [0.3, 0.4) is 0 Å². The maximum absolute atomic E-state index is 13.7. The van der Waals surface area contributed by atoms with Crippen LogP contribution >= 0.6 is 0 Å². The van der Waals surface area contributed by atoms with E-state index in [2.05, 4.69) is 143 Å². The Morgan fingerprint density at radius 2 is 0.894 bits per heavy atom. The van der Waals surface area contributed by atoms with Crippen molar-refractivity contribution in [2.24, 2.45) is 5.92 Å². The molecule has 7 heterocycles. The molecule has 3 amide bonds. The highest BCUT2D eigenvalue weighted by atomic mass is 16.2. The fourth-order valence-corrected chi connectivity index (χ4v) is 14.1. The van der Waals surface area contributed by atoms with E-state index < -0.39 is 12.1 Å². The fourth-order valence-electron chi connectivity index (χ4n) is 14.1. The quantitative estimate of drug-likeness (QED) is 0.0449. The van der Waals surface area contributed by atoms with Gasteiger partial charge < -0.3 is 39.8 Å². The Morgan fingerprint density at radius 3 is 1.38 bits per heavy atom. The molecule has 3 fully saturated rings. The summed E-state index contributed by atoms with van der Waals surface area (Å²) in [5.74, 6) is 1.94. The van der Waals surface area contributed by atoms with Crippen LogP contribution in [0.25, 0.3) is 27.9 Å². The van der Waals surface area contributed by atoms with Gasteiger partial charge in [-0.05, 0) is 166 Å². The summed E-state index contributed by atoms with van der Waals surface area (Å²) in [4.78, 5) is 84.7. The van der Waals surface area contributed by atoms with Crippen LogP contribution in [0, 0.1) is 12.8 Å². The van der Waals surface area contributed by atoms with E-state index in [9.17, 15) is 24.0 Å². The van der Waals surface area contributed by atoms with Gasteiger partial charge in [-0.3, -0.25) is 39.9 Å². The first-order chi connectivity index (χ1) is 50.9. The number of rotatable bonds is 19. The number of carbonyl (C=O) groups excluding carboxylic acids is 3. The average Bonchev–Trinajstić information content (AvgIpc) is 0.846. The number of likely N-dealkylation sites (tertiary alicyclic amines) is 1. The Labute approximate surface area is 608 Å². The lowest BCUT2D eigenvalue weighted by molar-refractivity contribution is -0.135. The number of pyridine rings is 3. The number of carbonyl (C=O) groups is 3. The summed E-state index contributed by atoms with van der Waals surface area (Å²) in [5.41, 5.74) is 14.5. The van der Waals surface area contributed by atoms with Crippen LogP contribution in [0.4, 0.5) is 17.2 Å².